The number of aliphatic carboxylic acids is 1. The number of piperidine rings is 1. The summed E-state index contributed by atoms with van der Waals surface area (Å²) in [5.41, 5.74) is -0.515. The standard InChI is InChI=1S/C20H34N4O6/c1-20(2,3)30-18(27)23-6-4-15(5-7-23)24-13-16(29-19(24)28)12-21-8-10-22(11-9-21)14-17(25)26/h15-16H,4-14H2,1-3H3,(H,25,26). The summed E-state index contributed by atoms with van der Waals surface area (Å²) in [6, 6.07) is 0.0774. The summed E-state index contributed by atoms with van der Waals surface area (Å²) in [6.45, 7) is 11.0. The Bertz CT molecular complexity index is 636. The van der Waals surface area contributed by atoms with Gasteiger partial charge < -0.3 is 24.4 Å². The van der Waals surface area contributed by atoms with Crippen molar-refractivity contribution < 1.29 is 29.0 Å². The normalized spacial score (nSPS) is 24.8. The highest BCUT2D eigenvalue weighted by Gasteiger charge is 2.39. The van der Waals surface area contributed by atoms with Crippen LogP contribution in [0.1, 0.15) is 33.6 Å². The molecule has 3 aliphatic rings. The summed E-state index contributed by atoms with van der Waals surface area (Å²) in [7, 11) is 0. The van der Waals surface area contributed by atoms with Crippen LogP contribution in [-0.4, -0.2) is 120 Å². The van der Waals surface area contributed by atoms with Gasteiger partial charge in [-0.25, -0.2) is 9.59 Å². The molecule has 1 unspecified atom stereocenters. The van der Waals surface area contributed by atoms with Crippen molar-refractivity contribution >= 4 is 18.2 Å². The lowest BCUT2D eigenvalue weighted by molar-refractivity contribution is -0.138. The molecule has 3 rings (SSSR count). The van der Waals surface area contributed by atoms with E-state index in [0.717, 1.165) is 25.9 Å². The Hall–Kier alpha value is -2.07. The van der Waals surface area contributed by atoms with Gasteiger partial charge in [0, 0.05) is 51.9 Å². The number of carboxylic acid groups (broad SMARTS) is 1. The van der Waals surface area contributed by atoms with Gasteiger partial charge in [0.05, 0.1) is 13.1 Å². The number of likely N-dealkylation sites (tertiary alicyclic amines) is 1. The summed E-state index contributed by atoms with van der Waals surface area (Å²) >= 11 is 0. The molecule has 3 saturated heterocycles. The SMILES string of the molecule is CC(C)(C)OC(=O)N1CCC(N2CC(CN3CCN(CC(=O)O)CC3)OC2=O)CC1. The van der Waals surface area contributed by atoms with E-state index in [1.54, 1.807) is 9.80 Å². The Morgan fingerprint density at radius 1 is 1.07 bits per heavy atom. The smallest absolute Gasteiger partial charge is 0.410 e. The van der Waals surface area contributed by atoms with Gasteiger partial charge in [-0.1, -0.05) is 0 Å². The number of carbonyl (C=O) groups excluding carboxylic acids is 2. The van der Waals surface area contributed by atoms with Crippen molar-refractivity contribution in [2.24, 2.45) is 0 Å². The number of piperazine rings is 1. The van der Waals surface area contributed by atoms with Gasteiger partial charge in [0.25, 0.3) is 0 Å². The average molecular weight is 427 g/mol. The van der Waals surface area contributed by atoms with Crippen molar-refractivity contribution in [2.45, 2.75) is 51.4 Å². The van der Waals surface area contributed by atoms with E-state index in [-0.39, 0.29) is 30.9 Å². The quantitative estimate of drug-likeness (QED) is 0.692. The Balaban J connectivity index is 1.41. The number of carboxylic acids is 1. The third kappa shape index (κ3) is 6.21. The van der Waals surface area contributed by atoms with Crippen LogP contribution in [0.15, 0.2) is 0 Å². The fraction of sp³-hybridized carbons (Fsp3) is 0.850. The third-order valence-corrected chi connectivity index (χ3v) is 5.74. The fourth-order valence-electron chi connectivity index (χ4n) is 4.23. The molecule has 170 valence electrons. The molecule has 1 atom stereocenters. The monoisotopic (exact) mass is 426 g/mol. The predicted molar refractivity (Wildman–Crippen MR) is 108 cm³/mol. The van der Waals surface area contributed by atoms with Gasteiger partial charge in [0.2, 0.25) is 0 Å². The lowest BCUT2D eigenvalue weighted by atomic mass is 10.0. The molecule has 0 bridgehead atoms. The van der Waals surface area contributed by atoms with E-state index in [2.05, 4.69) is 4.90 Å². The van der Waals surface area contributed by atoms with E-state index in [0.29, 0.717) is 39.3 Å². The van der Waals surface area contributed by atoms with Crippen LogP contribution in [0.4, 0.5) is 9.59 Å². The molecule has 0 aromatic heterocycles. The van der Waals surface area contributed by atoms with Crippen molar-refractivity contribution in [2.75, 3.05) is 58.9 Å². The highest BCUT2D eigenvalue weighted by Crippen LogP contribution is 2.24. The molecule has 30 heavy (non-hydrogen) atoms. The molecule has 0 aliphatic carbocycles. The molecule has 2 amide bonds. The number of hydrogen-bond donors (Lipinski definition) is 1. The first-order valence-electron chi connectivity index (χ1n) is 10.7. The van der Waals surface area contributed by atoms with Crippen LogP contribution < -0.4 is 0 Å². The van der Waals surface area contributed by atoms with Crippen LogP contribution >= 0.6 is 0 Å². The van der Waals surface area contributed by atoms with E-state index in [4.69, 9.17) is 14.6 Å². The van der Waals surface area contributed by atoms with E-state index >= 15 is 0 Å². The molecule has 0 spiro atoms. The molecular formula is C20H34N4O6. The second-order valence-corrected chi connectivity index (χ2v) is 9.33. The van der Waals surface area contributed by atoms with E-state index in [1.807, 2.05) is 25.7 Å². The minimum atomic E-state index is -0.804. The number of hydrogen-bond acceptors (Lipinski definition) is 7. The molecule has 0 aromatic rings. The first-order valence-corrected chi connectivity index (χ1v) is 10.7. The van der Waals surface area contributed by atoms with Crippen LogP contribution in [-0.2, 0) is 14.3 Å². The van der Waals surface area contributed by atoms with Crippen LogP contribution in [0.5, 0.6) is 0 Å². The van der Waals surface area contributed by atoms with Crippen LogP contribution in [0, 0.1) is 0 Å². The maximum atomic E-state index is 12.4. The molecule has 3 fully saturated rings. The Kier molecular flexibility index (Phi) is 7.07. The van der Waals surface area contributed by atoms with E-state index in [9.17, 15) is 14.4 Å². The van der Waals surface area contributed by atoms with Gasteiger partial charge in [0.15, 0.2) is 0 Å². The van der Waals surface area contributed by atoms with Crippen molar-refractivity contribution in [3.8, 4) is 0 Å². The largest absolute Gasteiger partial charge is 0.480 e. The number of carbonyl (C=O) groups is 3. The molecule has 0 aromatic carbocycles. The maximum absolute atomic E-state index is 12.4. The highest BCUT2D eigenvalue weighted by molar-refractivity contribution is 5.71. The van der Waals surface area contributed by atoms with Gasteiger partial charge in [-0.05, 0) is 33.6 Å². The molecule has 10 nitrogen and oxygen atoms in total. The summed E-state index contributed by atoms with van der Waals surface area (Å²) in [5, 5.41) is 8.89. The summed E-state index contributed by atoms with van der Waals surface area (Å²) in [6.07, 6.45) is 0.682. The fourth-order valence-corrected chi connectivity index (χ4v) is 4.23. The van der Waals surface area contributed by atoms with Gasteiger partial charge >= 0.3 is 18.2 Å². The van der Waals surface area contributed by atoms with Gasteiger partial charge in [0.1, 0.15) is 11.7 Å². The lowest BCUT2D eigenvalue weighted by Gasteiger charge is -2.36. The second kappa shape index (κ2) is 9.38. The molecule has 3 heterocycles. The molecule has 1 N–H and O–H groups in total. The number of ether oxygens (including phenoxy) is 2. The van der Waals surface area contributed by atoms with Crippen molar-refractivity contribution in [3.63, 3.8) is 0 Å². The van der Waals surface area contributed by atoms with Crippen LogP contribution in [0.3, 0.4) is 0 Å². The molecule has 0 saturated carbocycles. The molecule has 3 aliphatic heterocycles. The van der Waals surface area contributed by atoms with E-state index < -0.39 is 11.6 Å². The average Bonchev–Trinajstić information content (AvgIpc) is 3.02. The predicted octanol–water partition coefficient (Wildman–Crippen LogP) is 0.909. The number of cyclic esters (lactones) is 1. The molecular weight excluding hydrogens is 392 g/mol. The lowest BCUT2D eigenvalue weighted by Crippen LogP contribution is -2.50. The topological polar surface area (TPSA) is 103 Å². The minimum absolute atomic E-state index is 0.0715. The Morgan fingerprint density at radius 3 is 2.23 bits per heavy atom. The van der Waals surface area contributed by atoms with Crippen LogP contribution in [0.25, 0.3) is 0 Å². The van der Waals surface area contributed by atoms with Gasteiger partial charge in [-0.3, -0.25) is 14.6 Å². The zero-order chi connectivity index (χ0) is 21.9. The third-order valence-electron chi connectivity index (χ3n) is 5.74. The summed E-state index contributed by atoms with van der Waals surface area (Å²) in [4.78, 5) is 43.1. The zero-order valence-corrected chi connectivity index (χ0v) is 18.2. The van der Waals surface area contributed by atoms with Crippen LogP contribution in [0.2, 0.25) is 0 Å². The van der Waals surface area contributed by atoms with Crippen molar-refractivity contribution in [3.05, 3.63) is 0 Å². The summed E-state index contributed by atoms with van der Waals surface area (Å²) in [5.74, 6) is -0.804. The van der Waals surface area contributed by atoms with Crippen molar-refractivity contribution in [1.29, 1.82) is 0 Å². The Morgan fingerprint density at radius 2 is 1.67 bits per heavy atom. The number of nitrogens with zero attached hydrogens (tertiary/aromatic N) is 4. The first-order chi connectivity index (χ1) is 14.1. The van der Waals surface area contributed by atoms with E-state index in [1.165, 1.54) is 0 Å². The van der Waals surface area contributed by atoms with Gasteiger partial charge in [-0.2, -0.15) is 0 Å². The number of amides is 2. The Labute approximate surface area is 177 Å². The van der Waals surface area contributed by atoms with Gasteiger partial charge in [-0.15, -0.1) is 0 Å². The van der Waals surface area contributed by atoms with Crippen molar-refractivity contribution in [1.82, 2.24) is 19.6 Å². The molecule has 0 radical (unpaired) electrons. The summed E-state index contributed by atoms with van der Waals surface area (Å²) < 4.78 is 11.0. The maximum Gasteiger partial charge on any atom is 0.410 e. The first kappa shape index (κ1) is 22.6. The highest BCUT2D eigenvalue weighted by atomic mass is 16.6. The zero-order valence-electron chi connectivity index (χ0n) is 18.2. The second-order valence-electron chi connectivity index (χ2n) is 9.33. The minimum Gasteiger partial charge on any atom is -0.480 e. The molecule has 10 heteroatoms. The number of rotatable bonds is 5.